The van der Waals surface area contributed by atoms with Crippen molar-refractivity contribution in [2.75, 3.05) is 6.61 Å². The van der Waals surface area contributed by atoms with Crippen molar-refractivity contribution in [2.24, 2.45) is 0 Å². The summed E-state index contributed by atoms with van der Waals surface area (Å²) in [5.74, 6) is 1.27. The first-order valence-corrected chi connectivity index (χ1v) is 7.18. The van der Waals surface area contributed by atoms with Crippen LogP contribution in [0, 0.1) is 10.1 Å². The van der Waals surface area contributed by atoms with E-state index in [-0.39, 0.29) is 12.3 Å². The van der Waals surface area contributed by atoms with Gasteiger partial charge in [0.15, 0.2) is 11.5 Å². The van der Waals surface area contributed by atoms with E-state index in [0.29, 0.717) is 22.6 Å². The van der Waals surface area contributed by atoms with Crippen molar-refractivity contribution in [1.29, 1.82) is 0 Å². The molecule has 0 aromatic heterocycles. The van der Waals surface area contributed by atoms with Gasteiger partial charge in [0, 0.05) is 6.07 Å². The monoisotopic (exact) mass is 351 g/mol. The van der Waals surface area contributed by atoms with Crippen molar-refractivity contribution in [2.45, 2.75) is 13.5 Å². The lowest BCUT2D eigenvalue weighted by Gasteiger charge is -2.11. The van der Waals surface area contributed by atoms with Gasteiger partial charge in [-0.2, -0.15) is 0 Å². The van der Waals surface area contributed by atoms with Crippen LogP contribution in [-0.2, 0) is 6.61 Å². The Labute approximate surface area is 130 Å². The molecule has 110 valence electrons. The first kappa shape index (κ1) is 15.3. The zero-order chi connectivity index (χ0) is 15.2. The summed E-state index contributed by atoms with van der Waals surface area (Å²) in [6, 6.07) is 12.3. The summed E-state index contributed by atoms with van der Waals surface area (Å²) in [6.45, 7) is 2.68. The summed E-state index contributed by atoms with van der Waals surface area (Å²) in [7, 11) is 0. The third-order valence-corrected chi connectivity index (χ3v) is 3.42. The van der Waals surface area contributed by atoms with Crippen molar-refractivity contribution >= 4 is 21.6 Å². The fraction of sp³-hybridized carbons (Fsp3) is 0.200. The lowest BCUT2D eigenvalue weighted by Crippen LogP contribution is -2.00. The lowest BCUT2D eigenvalue weighted by atomic mass is 10.2. The predicted molar refractivity (Wildman–Crippen MR) is 82.7 cm³/mol. The van der Waals surface area contributed by atoms with E-state index in [0.717, 1.165) is 5.56 Å². The van der Waals surface area contributed by atoms with Gasteiger partial charge in [-0.15, -0.1) is 0 Å². The molecule has 0 aliphatic heterocycles. The number of hydrogen-bond acceptors (Lipinski definition) is 4. The van der Waals surface area contributed by atoms with Crippen LogP contribution in [0.1, 0.15) is 12.5 Å². The molecule has 2 aromatic rings. The van der Waals surface area contributed by atoms with Gasteiger partial charge in [-0.05, 0) is 46.6 Å². The van der Waals surface area contributed by atoms with Crippen LogP contribution in [0.25, 0.3) is 0 Å². The Bertz CT molecular complexity index is 645. The second-order valence-electron chi connectivity index (χ2n) is 4.21. The lowest BCUT2D eigenvalue weighted by molar-refractivity contribution is -0.385. The molecule has 0 saturated carbocycles. The molecule has 0 spiro atoms. The summed E-state index contributed by atoms with van der Waals surface area (Å²) in [4.78, 5) is 10.5. The highest BCUT2D eigenvalue weighted by Gasteiger charge is 2.13. The molecule has 0 saturated heterocycles. The Morgan fingerprint density at radius 1 is 1.14 bits per heavy atom. The second-order valence-corrected chi connectivity index (χ2v) is 5.07. The number of nitro groups is 1. The molecule has 6 heteroatoms. The van der Waals surface area contributed by atoms with E-state index >= 15 is 0 Å². The van der Waals surface area contributed by atoms with Crippen molar-refractivity contribution in [3.63, 3.8) is 0 Å². The molecule has 0 aliphatic rings. The van der Waals surface area contributed by atoms with Crippen LogP contribution in [0.15, 0.2) is 46.9 Å². The van der Waals surface area contributed by atoms with Gasteiger partial charge < -0.3 is 9.47 Å². The minimum atomic E-state index is -0.429. The van der Waals surface area contributed by atoms with Gasteiger partial charge in [-0.1, -0.05) is 18.2 Å². The van der Waals surface area contributed by atoms with Gasteiger partial charge in [0.1, 0.15) is 6.61 Å². The average molecular weight is 352 g/mol. The molecule has 0 atom stereocenters. The quantitative estimate of drug-likeness (QED) is 0.573. The maximum absolute atomic E-state index is 10.9. The zero-order valence-electron chi connectivity index (χ0n) is 11.4. The van der Waals surface area contributed by atoms with E-state index in [1.807, 2.05) is 25.1 Å². The Balaban J connectivity index is 2.13. The molecule has 0 heterocycles. The van der Waals surface area contributed by atoms with Crippen LogP contribution in [0.5, 0.6) is 11.5 Å². The molecule has 0 amide bonds. The molecule has 0 aliphatic carbocycles. The fourth-order valence-electron chi connectivity index (χ4n) is 1.79. The number of halogens is 1. The minimum absolute atomic E-state index is 0.0224. The fourth-order valence-corrected chi connectivity index (χ4v) is 2.18. The third kappa shape index (κ3) is 3.95. The first-order valence-electron chi connectivity index (χ1n) is 6.39. The Kier molecular flexibility index (Phi) is 5.16. The molecule has 21 heavy (non-hydrogen) atoms. The number of hydrogen-bond donors (Lipinski definition) is 0. The molecule has 0 radical (unpaired) electrons. The van der Waals surface area contributed by atoms with Crippen LogP contribution in [0.2, 0.25) is 0 Å². The first-order chi connectivity index (χ1) is 10.1. The van der Waals surface area contributed by atoms with E-state index in [1.54, 1.807) is 18.2 Å². The smallest absolute Gasteiger partial charge is 0.283 e. The number of benzene rings is 2. The summed E-state index contributed by atoms with van der Waals surface area (Å²) >= 11 is 3.16. The van der Waals surface area contributed by atoms with Crippen molar-refractivity contribution < 1.29 is 14.4 Å². The minimum Gasteiger partial charge on any atom is -0.490 e. The van der Waals surface area contributed by atoms with E-state index in [2.05, 4.69) is 15.9 Å². The maximum Gasteiger partial charge on any atom is 0.283 e. The molecular formula is C15H14BrNO4. The number of nitrogens with zero attached hydrogens (tertiary/aromatic N) is 1. The largest absolute Gasteiger partial charge is 0.490 e. The van der Waals surface area contributed by atoms with Gasteiger partial charge in [0.05, 0.1) is 16.0 Å². The molecule has 5 nitrogen and oxygen atoms in total. The highest BCUT2D eigenvalue weighted by Crippen LogP contribution is 2.29. The number of rotatable bonds is 6. The maximum atomic E-state index is 10.9. The van der Waals surface area contributed by atoms with Crippen LogP contribution in [-0.4, -0.2) is 11.5 Å². The van der Waals surface area contributed by atoms with Crippen LogP contribution in [0.4, 0.5) is 5.69 Å². The molecule has 0 unspecified atom stereocenters. The standard InChI is InChI=1S/C15H14BrNO4/c1-2-20-14-5-3-4-6-15(14)21-10-11-7-8-12(16)13(9-11)17(18)19/h3-9H,2,10H2,1H3. The highest BCUT2D eigenvalue weighted by molar-refractivity contribution is 9.10. The van der Waals surface area contributed by atoms with Gasteiger partial charge in [0.2, 0.25) is 0 Å². The summed E-state index contributed by atoms with van der Waals surface area (Å²) in [5.41, 5.74) is 0.741. The summed E-state index contributed by atoms with van der Waals surface area (Å²) < 4.78 is 11.6. The van der Waals surface area contributed by atoms with Crippen LogP contribution >= 0.6 is 15.9 Å². The highest BCUT2D eigenvalue weighted by atomic mass is 79.9. The van der Waals surface area contributed by atoms with Gasteiger partial charge >= 0.3 is 0 Å². The third-order valence-electron chi connectivity index (χ3n) is 2.75. The number of nitro benzene ring substituents is 1. The number of ether oxygens (including phenoxy) is 2. The Hall–Kier alpha value is -2.08. The molecule has 2 aromatic carbocycles. The van der Waals surface area contributed by atoms with Crippen molar-refractivity contribution in [1.82, 2.24) is 0 Å². The van der Waals surface area contributed by atoms with E-state index in [1.165, 1.54) is 6.07 Å². The van der Waals surface area contributed by atoms with Gasteiger partial charge in [-0.25, -0.2) is 0 Å². The van der Waals surface area contributed by atoms with Crippen LogP contribution < -0.4 is 9.47 Å². The predicted octanol–water partition coefficient (Wildman–Crippen LogP) is 4.34. The van der Waals surface area contributed by atoms with Gasteiger partial charge in [0.25, 0.3) is 5.69 Å². The normalized spacial score (nSPS) is 10.2. The van der Waals surface area contributed by atoms with E-state index < -0.39 is 4.92 Å². The van der Waals surface area contributed by atoms with Crippen LogP contribution in [0.3, 0.4) is 0 Å². The molecular weight excluding hydrogens is 338 g/mol. The Morgan fingerprint density at radius 2 is 1.81 bits per heavy atom. The topological polar surface area (TPSA) is 61.6 Å². The van der Waals surface area contributed by atoms with Crippen molar-refractivity contribution in [3.05, 3.63) is 62.6 Å². The zero-order valence-corrected chi connectivity index (χ0v) is 13.0. The summed E-state index contributed by atoms with van der Waals surface area (Å²) in [6.07, 6.45) is 0. The Morgan fingerprint density at radius 3 is 2.43 bits per heavy atom. The molecule has 0 bridgehead atoms. The average Bonchev–Trinajstić information content (AvgIpc) is 2.47. The second kappa shape index (κ2) is 7.08. The molecule has 2 rings (SSSR count). The van der Waals surface area contributed by atoms with E-state index in [9.17, 15) is 10.1 Å². The molecule has 0 fully saturated rings. The van der Waals surface area contributed by atoms with Gasteiger partial charge in [-0.3, -0.25) is 10.1 Å². The summed E-state index contributed by atoms with van der Waals surface area (Å²) in [5, 5.41) is 10.9. The van der Waals surface area contributed by atoms with Crippen molar-refractivity contribution in [3.8, 4) is 11.5 Å². The molecule has 0 N–H and O–H groups in total. The number of para-hydroxylation sites is 2. The van der Waals surface area contributed by atoms with E-state index in [4.69, 9.17) is 9.47 Å². The SMILES string of the molecule is CCOc1ccccc1OCc1ccc(Br)c([N+](=O)[O-])c1.